The van der Waals surface area contributed by atoms with Gasteiger partial charge in [-0.3, -0.25) is 0 Å². The summed E-state index contributed by atoms with van der Waals surface area (Å²) in [6.07, 6.45) is 0. The van der Waals surface area contributed by atoms with Crippen molar-refractivity contribution in [2.24, 2.45) is 0 Å². The van der Waals surface area contributed by atoms with E-state index < -0.39 is 5.97 Å². The zero-order valence-electron chi connectivity index (χ0n) is 12.8. The van der Waals surface area contributed by atoms with Gasteiger partial charge in [0.25, 0.3) is 0 Å². The van der Waals surface area contributed by atoms with E-state index in [4.69, 9.17) is 13.9 Å². The number of hydrogen-bond donors (Lipinski definition) is 1. The molecule has 0 spiro atoms. The lowest BCUT2D eigenvalue weighted by Crippen LogP contribution is -1.99. The van der Waals surface area contributed by atoms with E-state index in [0.29, 0.717) is 29.1 Å². The van der Waals surface area contributed by atoms with Gasteiger partial charge in [-0.15, -0.1) is 0 Å². The maximum absolute atomic E-state index is 11.4. The van der Waals surface area contributed by atoms with Crippen LogP contribution in [0.1, 0.15) is 21.7 Å². The van der Waals surface area contributed by atoms with Crippen LogP contribution in [-0.4, -0.2) is 18.2 Å². The molecule has 1 heterocycles. The first-order valence-electron chi connectivity index (χ1n) is 7.11. The molecule has 0 radical (unpaired) electrons. The lowest BCUT2D eigenvalue weighted by molar-refractivity contribution is 0.0697. The Balaban J connectivity index is 1.89. The molecule has 0 aliphatic carbocycles. The Hall–Kier alpha value is -2.95. The first-order chi connectivity index (χ1) is 11.1. The SMILES string of the molecule is COc1ccccc1COc1ccc2oc(C)c(C(=O)O)c2c1. The summed E-state index contributed by atoms with van der Waals surface area (Å²) in [5, 5.41) is 9.84. The van der Waals surface area contributed by atoms with E-state index in [0.717, 1.165) is 11.3 Å². The summed E-state index contributed by atoms with van der Waals surface area (Å²) in [5.41, 5.74) is 1.62. The minimum Gasteiger partial charge on any atom is -0.496 e. The number of carbonyl (C=O) groups is 1. The zero-order chi connectivity index (χ0) is 16.4. The van der Waals surface area contributed by atoms with Gasteiger partial charge in [-0.05, 0) is 31.2 Å². The molecule has 0 aliphatic rings. The number of aryl methyl sites for hydroxylation is 1. The van der Waals surface area contributed by atoms with Crippen molar-refractivity contribution in [3.05, 3.63) is 59.4 Å². The maximum atomic E-state index is 11.4. The van der Waals surface area contributed by atoms with Crippen molar-refractivity contribution >= 4 is 16.9 Å². The van der Waals surface area contributed by atoms with E-state index in [-0.39, 0.29) is 5.56 Å². The van der Waals surface area contributed by atoms with E-state index in [1.807, 2.05) is 24.3 Å². The molecule has 0 amide bonds. The minimum atomic E-state index is -1.01. The highest BCUT2D eigenvalue weighted by Gasteiger charge is 2.17. The van der Waals surface area contributed by atoms with E-state index in [9.17, 15) is 9.90 Å². The van der Waals surface area contributed by atoms with Crippen molar-refractivity contribution in [1.82, 2.24) is 0 Å². The van der Waals surface area contributed by atoms with Gasteiger partial charge in [0.2, 0.25) is 0 Å². The topological polar surface area (TPSA) is 68.9 Å². The van der Waals surface area contributed by atoms with Gasteiger partial charge in [-0.2, -0.15) is 0 Å². The van der Waals surface area contributed by atoms with Crippen molar-refractivity contribution in [2.75, 3.05) is 7.11 Å². The van der Waals surface area contributed by atoms with E-state index >= 15 is 0 Å². The van der Waals surface area contributed by atoms with Crippen LogP contribution in [0.15, 0.2) is 46.9 Å². The fourth-order valence-corrected chi connectivity index (χ4v) is 2.54. The van der Waals surface area contributed by atoms with Crippen molar-refractivity contribution in [3.8, 4) is 11.5 Å². The number of furan rings is 1. The second-order valence-electron chi connectivity index (χ2n) is 5.10. The predicted molar refractivity (Wildman–Crippen MR) is 85.2 cm³/mol. The normalized spacial score (nSPS) is 10.7. The first-order valence-corrected chi connectivity index (χ1v) is 7.11. The summed E-state index contributed by atoms with van der Waals surface area (Å²) >= 11 is 0. The van der Waals surface area contributed by atoms with Gasteiger partial charge in [-0.25, -0.2) is 4.79 Å². The number of ether oxygens (including phenoxy) is 2. The maximum Gasteiger partial charge on any atom is 0.339 e. The van der Waals surface area contributed by atoms with E-state index in [2.05, 4.69) is 0 Å². The number of rotatable bonds is 5. The number of aromatic carboxylic acids is 1. The molecule has 3 aromatic rings. The first kappa shape index (κ1) is 15.0. The molecule has 5 heteroatoms. The number of hydrogen-bond acceptors (Lipinski definition) is 4. The van der Waals surface area contributed by atoms with Gasteiger partial charge in [0.05, 0.1) is 7.11 Å². The number of methoxy groups -OCH3 is 1. The third-order valence-electron chi connectivity index (χ3n) is 3.64. The molecule has 0 aliphatic heterocycles. The number of carboxylic acid groups (broad SMARTS) is 1. The second kappa shape index (κ2) is 6.04. The highest BCUT2D eigenvalue weighted by Crippen LogP contribution is 2.30. The van der Waals surface area contributed by atoms with Crippen molar-refractivity contribution in [3.63, 3.8) is 0 Å². The van der Waals surface area contributed by atoms with Crippen LogP contribution in [0.25, 0.3) is 11.0 Å². The lowest BCUT2D eigenvalue weighted by Gasteiger charge is -2.10. The lowest BCUT2D eigenvalue weighted by atomic mass is 10.1. The molecule has 1 N–H and O–H groups in total. The van der Waals surface area contributed by atoms with Crippen LogP contribution in [0.3, 0.4) is 0 Å². The quantitative estimate of drug-likeness (QED) is 0.770. The number of benzene rings is 2. The summed E-state index contributed by atoms with van der Waals surface area (Å²) in [6, 6.07) is 12.7. The number of fused-ring (bicyclic) bond motifs is 1. The molecule has 5 nitrogen and oxygen atoms in total. The fraction of sp³-hybridized carbons (Fsp3) is 0.167. The zero-order valence-corrected chi connectivity index (χ0v) is 12.8. The fourth-order valence-electron chi connectivity index (χ4n) is 2.54. The molecule has 0 unspecified atom stereocenters. The van der Waals surface area contributed by atoms with Gasteiger partial charge < -0.3 is 19.0 Å². The van der Waals surface area contributed by atoms with Crippen LogP contribution in [0.4, 0.5) is 0 Å². The molecular weight excluding hydrogens is 296 g/mol. The predicted octanol–water partition coefficient (Wildman–Crippen LogP) is 4.03. The summed E-state index contributed by atoms with van der Waals surface area (Å²) in [5.74, 6) is 0.697. The molecule has 1 aromatic heterocycles. The Morgan fingerprint density at radius 3 is 2.74 bits per heavy atom. The van der Waals surface area contributed by atoms with Crippen LogP contribution in [0.5, 0.6) is 11.5 Å². The van der Waals surface area contributed by atoms with E-state index in [1.54, 1.807) is 32.2 Å². The molecule has 23 heavy (non-hydrogen) atoms. The number of carboxylic acids is 1. The van der Waals surface area contributed by atoms with Gasteiger partial charge in [0.15, 0.2) is 0 Å². The largest absolute Gasteiger partial charge is 0.496 e. The standard InChI is InChI=1S/C18H16O5/c1-11-17(18(19)20)14-9-13(7-8-16(14)23-11)22-10-12-5-3-4-6-15(12)21-2/h3-9H,10H2,1-2H3,(H,19,20). The average molecular weight is 312 g/mol. The Bertz CT molecular complexity index is 863. The Kier molecular flexibility index (Phi) is 3.93. The summed E-state index contributed by atoms with van der Waals surface area (Å²) in [6.45, 7) is 1.97. The summed E-state index contributed by atoms with van der Waals surface area (Å²) in [4.78, 5) is 11.4. The Labute approximate surface area is 133 Å². The monoisotopic (exact) mass is 312 g/mol. The van der Waals surface area contributed by atoms with Gasteiger partial charge in [0.1, 0.15) is 35.0 Å². The van der Waals surface area contributed by atoms with Crippen LogP contribution in [0.2, 0.25) is 0 Å². The second-order valence-corrected chi connectivity index (χ2v) is 5.10. The van der Waals surface area contributed by atoms with Crippen LogP contribution in [-0.2, 0) is 6.61 Å². The summed E-state index contributed by atoms with van der Waals surface area (Å²) < 4.78 is 16.5. The average Bonchev–Trinajstić information content (AvgIpc) is 2.88. The minimum absolute atomic E-state index is 0.169. The molecule has 0 saturated carbocycles. The molecule has 3 rings (SSSR count). The smallest absolute Gasteiger partial charge is 0.339 e. The Morgan fingerprint density at radius 1 is 1.22 bits per heavy atom. The third kappa shape index (κ3) is 2.85. The van der Waals surface area contributed by atoms with Crippen LogP contribution in [0, 0.1) is 6.92 Å². The number of para-hydroxylation sites is 1. The molecule has 0 saturated heterocycles. The molecule has 118 valence electrons. The van der Waals surface area contributed by atoms with E-state index in [1.165, 1.54) is 0 Å². The van der Waals surface area contributed by atoms with Crippen molar-refractivity contribution in [2.45, 2.75) is 13.5 Å². The van der Waals surface area contributed by atoms with Gasteiger partial charge in [-0.1, -0.05) is 18.2 Å². The van der Waals surface area contributed by atoms with Crippen LogP contribution < -0.4 is 9.47 Å². The molecule has 2 aromatic carbocycles. The summed E-state index contributed by atoms with van der Waals surface area (Å²) in [7, 11) is 1.61. The highest BCUT2D eigenvalue weighted by molar-refractivity contribution is 6.03. The molecule has 0 bridgehead atoms. The molecule has 0 fully saturated rings. The highest BCUT2D eigenvalue weighted by atomic mass is 16.5. The Morgan fingerprint density at radius 2 is 2.00 bits per heavy atom. The molecular formula is C18H16O5. The van der Waals surface area contributed by atoms with Gasteiger partial charge >= 0.3 is 5.97 Å². The van der Waals surface area contributed by atoms with Crippen molar-refractivity contribution < 1.29 is 23.8 Å². The van der Waals surface area contributed by atoms with Gasteiger partial charge in [0, 0.05) is 10.9 Å². The third-order valence-corrected chi connectivity index (χ3v) is 3.64. The van der Waals surface area contributed by atoms with Crippen molar-refractivity contribution in [1.29, 1.82) is 0 Å². The molecule has 0 atom stereocenters. The van der Waals surface area contributed by atoms with Crippen LogP contribution >= 0.6 is 0 Å².